The number of rotatable bonds is 9. The van der Waals surface area contributed by atoms with E-state index >= 15 is 0 Å². The van der Waals surface area contributed by atoms with Gasteiger partial charge >= 0.3 is 6.03 Å². The van der Waals surface area contributed by atoms with Gasteiger partial charge in [-0.3, -0.25) is 4.57 Å². The monoisotopic (exact) mass is 577 g/mol. The summed E-state index contributed by atoms with van der Waals surface area (Å²) in [6, 6.07) is 22.0. The SMILES string of the molecule is CCCC(N)Nc1ccc2c(c1)ncn2-c1ccnc(NC(C)C2CCCN(C(=O)Nc3cccc4ccccc34)C2)n1. The predicted octanol–water partition coefficient (Wildman–Crippen LogP) is 6.21. The van der Waals surface area contributed by atoms with Gasteiger partial charge in [-0.05, 0) is 67.8 Å². The summed E-state index contributed by atoms with van der Waals surface area (Å²) < 4.78 is 1.96. The first-order valence-electron chi connectivity index (χ1n) is 15.1. The van der Waals surface area contributed by atoms with Crippen LogP contribution in [0.4, 0.5) is 22.1 Å². The summed E-state index contributed by atoms with van der Waals surface area (Å²) in [7, 11) is 0. The van der Waals surface area contributed by atoms with E-state index in [1.807, 2.05) is 64.1 Å². The van der Waals surface area contributed by atoms with Crippen LogP contribution in [0, 0.1) is 5.92 Å². The largest absolute Gasteiger partial charge is 0.370 e. The van der Waals surface area contributed by atoms with Crippen LogP contribution in [0.25, 0.3) is 27.6 Å². The van der Waals surface area contributed by atoms with Crippen LogP contribution >= 0.6 is 0 Å². The van der Waals surface area contributed by atoms with Gasteiger partial charge in [0.25, 0.3) is 0 Å². The zero-order valence-corrected chi connectivity index (χ0v) is 24.7. The maximum Gasteiger partial charge on any atom is 0.321 e. The summed E-state index contributed by atoms with van der Waals surface area (Å²) in [5, 5.41) is 12.1. The van der Waals surface area contributed by atoms with Crippen molar-refractivity contribution in [3.8, 4) is 5.82 Å². The van der Waals surface area contributed by atoms with Gasteiger partial charge in [0.1, 0.15) is 12.1 Å². The molecule has 0 spiro atoms. The zero-order valence-electron chi connectivity index (χ0n) is 24.7. The number of hydrogen-bond acceptors (Lipinski definition) is 7. The van der Waals surface area contributed by atoms with Gasteiger partial charge in [-0.1, -0.05) is 49.7 Å². The summed E-state index contributed by atoms with van der Waals surface area (Å²) in [6.45, 7) is 5.65. The van der Waals surface area contributed by atoms with E-state index in [9.17, 15) is 4.79 Å². The molecule has 1 aliphatic rings. The lowest BCUT2D eigenvalue weighted by atomic mass is 9.92. The molecule has 3 atom stereocenters. The van der Waals surface area contributed by atoms with Crippen LogP contribution in [-0.2, 0) is 0 Å². The first-order valence-corrected chi connectivity index (χ1v) is 15.1. The van der Waals surface area contributed by atoms with Gasteiger partial charge in [-0.2, -0.15) is 4.98 Å². The summed E-state index contributed by atoms with van der Waals surface area (Å²) in [5.74, 6) is 1.54. The number of fused-ring (bicyclic) bond motifs is 2. The van der Waals surface area contributed by atoms with E-state index in [0.717, 1.165) is 71.2 Å². The molecule has 0 bridgehead atoms. The molecule has 1 saturated heterocycles. The number of carbonyl (C=O) groups excluding carboxylic acids is 1. The lowest BCUT2D eigenvalue weighted by Gasteiger charge is -2.36. The van der Waals surface area contributed by atoms with Crippen molar-refractivity contribution in [2.24, 2.45) is 11.7 Å². The summed E-state index contributed by atoms with van der Waals surface area (Å²) >= 11 is 0. The average molecular weight is 578 g/mol. The van der Waals surface area contributed by atoms with Crippen LogP contribution in [-0.4, -0.2) is 55.7 Å². The topological polar surface area (TPSA) is 126 Å². The lowest BCUT2D eigenvalue weighted by Crippen LogP contribution is -2.46. The first-order chi connectivity index (χ1) is 21.0. The smallest absolute Gasteiger partial charge is 0.321 e. The van der Waals surface area contributed by atoms with Gasteiger partial charge in [0.2, 0.25) is 5.95 Å². The molecule has 43 heavy (non-hydrogen) atoms. The van der Waals surface area contributed by atoms with Crippen molar-refractivity contribution in [3.05, 3.63) is 79.3 Å². The molecule has 1 aliphatic heterocycles. The highest BCUT2D eigenvalue weighted by Gasteiger charge is 2.28. The third kappa shape index (κ3) is 6.39. The second-order valence-corrected chi connectivity index (χ2v) is 11.3. The number of anilines is 3. The molecule has 10 nitrogen and oxygen atoms in total. The number of amides is 2. The number of carbonyl (C=O) groups is 1. The van der Waals surface area contributed by atoms with Crippen molar-refractivity contribution in [3.63, 3.8) is 0 Å². The summed E-state index contributed by atoms with van der Waals surface area (Å²) in [6.07, 6.45) is 7.35. The minimum absolute atomic E-state index is 0.0656. The van der Waals surface area contributed by atoms with Crippen LogP contribution in [0.3, 0.4) is 0 Å². The molecule has 5 N–H and O–H groups in total. The van der Waals surface area contributed by atoms with Crippen molar-refractivity contribution in [2.75, 3.05) is 29.0 Å². The van der Waals surface area contributed by atoms with Crippen molar-refractivity contribution < 1.29 is 4.79 Å². The molecule has 6 rings (SSSR count). The summed E-state index contributed by atoms with van der Waals surface area (Å²) in [4.78, 5) is 29.1. The molecule has 3 heterocycles. The van der Waals surface area contributed by atoms with Crippen molar-refractivity contribution >= 4 is 45.2 Å². The highest BCUT2D eigenvalue weighted by atomic mass is 16.2. The second-order valence-electron chi connectivity index (χ2n) is 11.3. The van der Waals surface area contributed by atoms with Crippen LogP contribution < -0.4 is 21.7 Å². The van der Waals surface area contributed by atoms with Crippen LogP contribution in [0.1, 0.15) is 39.5 Å². The van der Waals surface area contributed by atoms with Crippen LogP contribution in [0.2, 0.25) is 0 Å². The van der Waals surface area contributed by atoms with Crippen LogP contribution in [0.5, 0.6) is 0 Å². The number of likely N-dealkylation sites (tertiary alicyclic amines) is 1. The van der Waals surface area contributed by atoms with Gasteiger partial charge in [0.05, 0.1) is 22.9 Å². The maximum atomic E-state index is 13.3. The average Bonchev–Trinajstić information content (AvgIpc) is 3.45. The van der Waals surface area contributed by atoms with Crippen molar-refractivity contribution in [1.82, 2.24) is 24.4 Å². The second kappa shape index (κ2) is 12.7. The van der Waals surface area contributed by atoms with E-state index in [-0.39, 0.29) is 24.2 Å². The van der Waals surface area contributed by atoms with E-state index in [1.54, 1.807) is 12.5 Å². The Balaban J connectivity index is 1.11. The molecule has 3 aromatic carbocycles. The maximum absolute atomic E-state index is 13.3. The Morgan fingerprint density at radius 2 is 1.93 bits per heavy atom. The number of urea groups is 1. The number of hydrogen-bond donors (Lipinski definition) is 4. The van der Waals surface area contributed by atoms with E-state index in [4.69, 9.17) is 10.7 Å². The molecule has 5 aromatic rings. The predicted molar refractivity (Wildman–Crippen MR) is 174 cm³/mol. The molecule has 10 heteroatoms. The number of imidazole rings is 1. The van der Waals surface area contributed by atoms with Crippen LogP contribution in [0.15, 0.2) is 79.3 Å². The van der Waals surface area contributed by atoms with E-state index in [0.29, 0.717) is 12.5 Å². The molecular weight excluding hydrogens is 538 g/mol. The Hall–Kier alpha value is -4.70. The summed E-state index contributed by atoms with van der Waals surface area (Å²) in [5.41, 5.74) is 9.75. The molecule has 0 saturated carbocycles. The lowest BCUT2D eigenvalue weighted by molar-refractivity contribution is 0.172. The minimum atomic E-state index is -0.0862. The number of piperidine rings is 1. The highest BCUT2D eigenvalue weighted by molar-refractivity contribution is 6.01. The Labute approximate surface area is 251 Å². The molecular formula is C33H39N9O. The molecule has 2 amide bonds. The first kappa shape index (κ1) is 28.4. The number of benzene rings is 3. The number of nitrogens with two attached hydrogens (primary N) is 1. The van der Waals surface area contributed by atoms with Gasteiger partial charge < -0.3 is 26.6 Å². The van der Waals surface area contributed by atoms with Gasteiger partial charge in [0, 0.05) is 36.4 Å². The number of nitrogens with zero attached hydrogens (tertiary/aromatic N) is 5. The fourth-order valence-corrected chi connectivity index (χ4v) is 5.89. The van der Waals surface area contributed by atoms with Crippen molar-refractivity contribution in [1.29, 1.82) is 0 Å². The standard InChI is InChI=1S/C33H39N9O/c1-3-8-30(34)38-25-14-15-29-28(19-25)36-21-42(29)31-16-17-35-32(40-31)37-22(2)24-11-7-18-41(20-24)33(43)39-27-13-6-10-23-9-4-5-12-26(23)27/h4-6,9-10,12-17,19,21-22,24,30,38H,3,7-8,11,18,20,34H2,1-2H3,(H,39,43)(H,35,37,40). The molecule has 222 valence electrons. The quantitative estimate of drug-likeness (QED) is 0.153. The molecule has 0 radical (unpaired) electrons. The zero-order chi connectivity index (χ0) is 29.8. The normalized spacial score (nSPS) is 16.6. The molecule has 0 aliphatic carbocycles. The Kier molecular flexibility index (Phi) is 8.37. The van der Waals surface area contributed by atoms with E-state index < -0.39 is 0 Å². The fraction of sp³-hybridized carbons (Fsp3) is 0.333. The highest BCUT2D eigenvalue weighted by Crippen LogP contribution is 2.26. The Morgan fingerprint density at radius 1 is 1.07 bits per heavy atom. The number of nitrogens with one attached hydrogen (secondary N) is 3. The van der Waals surface area contributed by atoms with Crippen molar-refractivity contribution in [2.45, 2.75) is 51.7 Å². The Morgan fingerprint density at radius 3 is 2.81 bits per heavy atom. The minimum Gasteiger partial charge on any atom is -0.370 e. The van der Waals surface area contributed by atoms with Gasteiger partial charge in [-0.15, -0.1) is 0 Å². The number of aromatic nitrogens is 4. The van der Waals surface area contributed by atoms with E-state index in [2.05, 4.69) is 51.9 Å². The molecule has 3 unspecified atom stereocenters. The van der Waals surface area contributed by atoms with Gasteiger partial charge in [0.15, 0.2) is 0 Å². The molecule has 2 aromatic heterocycles. The third-order valence-corrected chi connectivity index (χ3v) is 8.23. The Bertz CT molecular complexity index is 1710. The third-order valence-electron chi connectivity index (χ3n) is 8.23. The van der Waals surface area contributed by atoms with Gasteiger partial charge in [-0.25, -0.2) is 14.8 Å². The van der Waals surface area contributed by atoms with E-state index in [1.165, 1.54) is 0 Å². The fourth-order valence-electron chi connectivity index (χ4n) is 5.89. The molecule has 1 fully saturated rings.